The first-order valence-corrected chi connectivity index (χ1v) is 8.88. The van der Waals surface area contributed by atoms with Gasteiger partial charge in [0.2, 0.25) is 5.91 Å². The zero-order valence-corrected chi connectivity index (χ0v) is 14.3. The van der Waals surface area contributed by atoms with Gasteiger partial charge in [0.1, 0.15) is 0 Å². The number of benzene rings is 2. The molecule has 0 saturated carbocycles. The highest BCUT2D eigenvalue weighted by atomic mass is 16.1. The topological polar surface area (TPSA) is 41.1 Å². The fourth-order valence-corrected chi connectivity index (χ4v) is 3.29. The van der Waals surface area contributed by atoms with E-state index in [9.17, 15) is 4.79 Å². The molecule has 2 aromatic carbocycles. The van der Waals surface area contributed by atoms with Crippen LogP contribution in [0.3, 0.4) is 0 Å². The van der Waals surface area contributed by atoms with Crippen molar-refractivity contribution in [1.82, 2.24) is 10.6 Å². The van der Waals surface area contributed by atoms with Crippen molar-refractivity contribution < 1.29 is 4.79 Å². The van der Waals surface area contributed by atoms with Crippen LogP contribution in [0.15, 0.2) is 54.6 Å². The third-order valence-electron chi connectivity index (χ3n) is 4.84. The second kappa shape index (κ2) is 8.11. The summed E-state index contributed by atoms with van der Waals surface area (Å²) in [5.41, 5.74) is 3.56. The summed E-state index contributed by atoms with van der Waals surface area (Å²) < 4.78 is 0. The van der Waals surface area contributed by atoms with Crippen molar-refractivity contribution >= 4 is 5.91 Å². The van der Waals surface area contributed by atoms with Crippen LogP contribution in [0.5, 0.6) is 0 Å². The number of amides is 1. The van der Waals surface area contributed by atoms with Crippen LogP contribution in [0.1, 0.15) is 37.8 Å². The Hall–Kier alpha value is -2.13. The van der Waals surface area contributed by atoms with E-state index in [4.69, 9.17) is 0 Å². The van der Waals surface area contributed by atoms with E-state index < -0.39 is 0 Å². The Balaban J connectivity index is 1.52. The molecule has 3 rings (SSSR count). The summed E-state index contributed by atoms with van der Waals surface area (Å²) in [4.78, 5) is 12.1. The average molecular weight is 322 g/mol. The molecule has 1 aliphatic rings. The number of hydrogen-bond donors (Lipinski definition) is 2. The van der Waals surface area contributed by atoms with Gasteiger partial charge in [0.05, 0.1) is 6.04 Å². The van der Waals surface area contributed by atoms with Crippen LogP contribution in [-0.4, -0.2) is 19.0 Å². The summed E-state index contributed by atoms with van der Waals surface area (Å²) >= 11 is 0. The zero-order chi connectivity index (χ0) is 16.8. The van der Waals surface area contributed by atoms with Crippen molar-refractivity contribution in [3.8, 4) is 11.1 Å². The van der Waals surface area contributed by atoms with Gasteiger partial charge in [-0.05, 0) is 55.5 Å². The summed E-state index contributed by atoms with van der Waals surface area (Å²) in [5.74, 6) is 0.817. The van der Waals surface area contributed by atoms with E-state index in [0.29, 0.717) is 12.3 Å². The van der Waals surface area contributed by atoms with Crippen molar-refractivity contribution in [3.63, 3.8) is 0 Å². The zero-order valence-electron chi connectivity index (χ0n) is 14.3. The number of rotatable bonds is 6. The number of carbonyl (C=O) groups excluding carboxylic acids is 1. The molecular weight excluding hydrogens is 296 g/mol. The number of hydrogen-bond acceptors (Lipinski definition) is 2. The van der Waals surface area contributed by atoms with Gasteiger partial charge in [-0.1, -0.05) is 54.6 Å². The lowest BCUT2D eigenvalue weighted by atomic mass is 10.0. The Bertz CT molecular complexity index is 645. The van der Waals surface area contributed by atoms with Gasteiger partial charge in [-0.15, -0.1) is 0 Å². The average Bonchev–Trinajstić information content (AvgIpc) is 3.14. The highest BCUT2D eigenvalue weighted by molar-refractivity contribution is 5.76. The standard InChI is InChI=1S/C21H26N2O/c1-16(23-21(24)12-7-17-13-14-22-15-17)18-8-10-20(11-9-18)19-5-3-2-4-6-19/h2-6,8-11,16-17,22H,7,12-15H2,1H3,(H,23,24). The van der Waals surface area contributed by atoms with Crippen LogP contribution in [0.2, 0.25) is 0 Å². The van der Waals surface area contributed by atoms with Gasteiger partial charge in [-0.2, -0.15) is 0 Å². The molecule has 3 heteroatoms. The molecule has 0 bridgehead atoms. The second-order valence-electron chi connectivity index (χ2n) is 6.67. The van der Waals surface area contributed by atoms with Crippen molar-refractivity contribution in [2.75, 3.05) is 13.1 Å². The van der Waals surface area contributed by atoms with Crippen molar-refractivity contribution in [1.29, 1.82) is 0 Å². The quantitative estimate of drug-likeness (QED) is 0.846. The maximum atomic E-state index is 12.1. The predicted molar refractivity (Wildman–Crippen MR) is 98.6 cm³/mol. The molecule has 2 N–H and O–H groups in total. The van der Waals surface area contributed by atoms with Gasteiger partial charge >= 0.3 is 0 Å². The molecule has 1 amide bonds. The SMILES string of the molecule is CC(NC(=O)CCC1CCNC1)c1ccc(-c2ccccc2)cc1. The van der Waals surface area contributed by atoms with Gasteiger partial charge in [-0.3, -0.25) is 4.79 Å². The first kappa shape index (κ1) is 16.7. The summed E-state index contributed by atoms with van der Waals surface area (Å²) in [6.07, 6.45) is 2.81. The highest BCUT2D eigenvalue weighted by Gasteiger charge is 2.16. The molecule has 1 aliphatic heterocycles. The molecule has 3 nitrogen and oxygen atoms in total. The van der Waals surface area contributed by atoms with E-state index in [2.05, 4.69) is 47.0 Å². The van der Waals surface area contributed by atoms with Crippen molar-refractivity contribution in [2.24, 2.45) is 5.92 Å². The largest absolute Gasteiger partial charge is 0.350 e. The van der Waals surface area contributed by atoms with Gasteiger partial charge in [0.25, 0.3) is 0 Å². The van der Waals surface area contributed by atoms with Crippen LogP contribution in [0.4, 0.5) is 0 Å². The Labute approximate surface area is 144 Å². The smallest absolute Gasteiger partial charge is 0.220 e. The van der Waals surface area contributed by atoms with Gasteiger partial charge in [0.15, 0.2) is 0 Å². The molecule has 2 atom stereocenters. The fourth-order valence-electron chi connectivity index (χ4n) is 3.29. The number of nitrogens with one attached hydrogen (secondary N) is 2. The summed E-state index contributed by atoms with van der Waals surface area (Å²) in [6.45, 7) is 4.20. The van der Waals surface area contributed by atoms with E-state index in [1.807, 2.05) is 25.1 Å². The van der Waals surface area contributed by atoms with Crippen molar-refractivity contribution in [3.05, 3.63) is 60.2 Å². The Morgan fingerprint density at radius 3 is 2.50 bits per heavy atom. The van der Waals surface area contributed by atoms with Crippen LogP contribution in [-0.2, 0) is 4.79 Å². The van der Waals surface area contributed by atoms with E-state index in [1.165, 1.54) is 17.5 Å². The van der Waals surface area contributed by atoms with Crippen LogP contribution < -0.4 is 10.6 Å². The predicted octanol–water partition coefficient (Wildman–Crippen LogP) is 3.92. The van der Waals surface area contributed by atoms with E-state index in [1.54, 1.807) is 0 Å². The lowest BCUT2D eigenvalue weighted by Gasteiger charge is -2.16. The maximum absolute atomic E-state index is 12.1. The first-order valence-electron chi connectivity index (χ1n) is 8.88. The lowest BCUT2D eigenvalue weighted by Crippen LogP contribution is -2.27. The molecule has 2 aromatic rings. The maximum Gasteiger partial charge on any atom is 0.220 e. The molecule has 0 spiro atoms. The Morgan fingerprint density at radius 2 is 1.83 bits per heavy atom. The van der Waals surface area contributed by atoms with Gasteiger partial charge in [0, 0.05) is 6.42 Å². The summed E-state index contributed by atoms with van der Waals surface area (Å²) in [7, 11) is 0. The highest BCUT2D eigenvalue weighted by Crippen LogP contribution is 2.22. The van der Waals surface area contributed by atoms with E-state index >= 15 is 0 Å². The van der Waals surface area contributed by atoms with Crippen molar-refractivity contribution in [2.45, 2.75) is 32.2 Å². The normalized spacial score (nSPS) is 18.3. The van der Waals surface area contributed by atoms with Gasteiger partial charge in [-0.25, -0.2) is 0 Å². The van der Waals surface area contributed by atoms with Gasteiger partial charge < -0.3 is 10.6 Å². The van der Waals surface area contributed by atoms with Crippen LogP contribution >= 0.6 is 0 Å². The third kappa shape index (κ3) is 4.45. The van der Waals surface area contributed by atoms with E-state index in [-0.39, 0.29) is 11.9 Å². The molecule has 0 aliphatic carbocycles. The molecule has 24 heavy (non-hydrogen) atoms. The molecule has 0 aromatic heterocycles. The summed E-state index contributed by atoms with van der Waals surface area (Å²) in [5, 5.41) is 6.47. The molecule has 1 saturated heterocycles. The monoisotopic (exact) mass is 322 g/mol. The minimum atomic E-state index is 0.0454. The first-order chi connectivity index (χ1) is 11.7. The fraction of sp³-hybridized carbons (Fsp3) is 0.381. The Morgan fingerprint density at radius 1 is 1.12 bits per heavy atom. The lowest BCUT2D eigenvalue weighted by molar-refractivity contribution is -0.122. The van der Waals surface area contributed by atoms with Crippen LogP contribution in [0.25, 0.3) is 11.1 Å². The summed E-state index contributed by atoms with van der Waals surface area (Å²) in [6, 6.07) is 18.8. The molecular formula is C21H26N2O. The van der Waals surface area contributed by atoms with Crippen LogP contribution in [0, 0.1) is 5.92 Å². The molecule has 1 heterocycles. The molecule has 126 valence electrons. The van der Waals surface area contributed by atoms with E-state index in [0.717, 1.165) is 25.1 Å². The molecule has 1 fully saturated rings. The Kier molecular flexibility index (Phi) is 5.65. The minimum Gasteiger partial charge on any atom is -0.350 e. The molecule has 2 unspecified atom stereocenters. The number of carbonyl (C=O) groups is 1. The second-order valence-corrected chi connectivity index (χ2v) is 6.67. The molecule has 0 radical (unpaired) electrons. The third-order valence-corrected chi connectivity index (χ3v) is 4.84. The minimum absolute atomic E-state index is 0.0454.